The third kappa shape index (κ3) is 6.70. The summed E-state index contributed by atoms with van der Waals surface area (Å²) in [6.07, 6.45) is 1.54. The molecule has 2 heterocycles. The van der Waals surface area contributed by atoms with Crippen molar-refractivity contribution in [2.45, 2.75) is 16.6 Å². The minimum atomic E-state index is -0.675. The molecule has 1 unspecified atom stereocenters. The molecule has 4 aromatic rings. The number of nitrogens with one attached hydrogen (secondary N) is 2. The number of carbonyl (C=O) groups excluding carboxylic acids is 4. The predicted octanol–water partition coefficient (Wildman–Crippen LogP) is 5.91. The van der Waals surface area contributed by atoms with Gasteiger partial charge in [0.2, 0.25) is 18.6 Å². The van der Waals surface area contributed by atoms with Gasteiger partial charge < -0.3 is 24.8 Å². The number of hydrogen-bond donors (Lipinski definition) is 2. The zero-order valence-corrected chi connectivity index (χ0v) is 25.9. The number of carbonyl (C=O) groups is 4. The van der Waals surface area contributed by atoms with Crippen LogP contribution < -0.4 is 29.7 Å². The number of amides is 4. The van der Waals surface area contributed by atoms with E-state index in [2.05, 4.69) is 10.6 Å². The van der Waals surface area contributed by atoms with Gasteiger partial charge in [0, 0.05) is 22.6 Å². The number of imide groups is 1. The van der Waals surface area contributed by atoms with E-state index >= 15 is 0 Å². The third-order valence-corrected chi connectivity index (χ3v) is 8.58. The predicted molar refractivity (Wildman–Crippen MR) is 174 cm³/mol. The maximum Gasteiger partial charge on any atom is 0.272 e. The fraction of sp³-hybridized carbons (Fsp3) is 0.118. The van der Waals surface area contributed by atoms with Gasteiger partial charge in [-0.05, 0) is 72.3 Å². The Bertz CT molecular complexity index is 1880. The summed E-state index contributed by atoms with van der Waals surface area (Å²) in [6.45, 7) is 0.101. The van der Waals surface area contributed by atoms with Gasteiger partial charge in [0.05, 0.1) is 23.1 Å². The zero-order valence-electron chi connectivity index (χ0n) is 24.3. The summed E-state index contributed by atoms with van der Waals surface area (Å²) in [4.78, 5) is 54.5. The first kappa shape index (κ1) is 30.8. The highest BCUT2D eigenvalue weighted by molar-refractivity contribution is 8.00. The van der Waals surface area contributed by atoms with Crippen LogP contribution in [0.15, 0.2) is 102 Å². The van der Waals surface area contributed by atoms with Gasteiger partial charge in [-0.25, -0.2) is 4.90 Å². The van der Waals surface area contributed by atoms with Crippen LogP contribution in [0, 0.1) is 0 Å². The highest BCUT2D eigenvalue weighted by Gasteiger charge is 2.40. The van der Waals surface area contributed by atoms with Crippen LogP contribution >= 0.6 is 23.4 Å². The van der Waals surface area contributed by atoms with E-state index in [0.717, 1.165) is 4.90 Å². The monoisotopic (exact) mass is 655 g/mol. The Morgan fingerprint density at radius 2 is 1.76 bits per heavy atom. The van der Waals surface area contributed by atoms with Crippen molar-refractivity contribution >= 4 is 64.4 Å². The van der Waals surface area contributed by atoms with Gasteiger partial charge in [0.25, 0.3) is 11.8 Å². The molecule has 2 aliphatic heterocycles. The smallest absolute Gasteiger partial charge is 0.272 e. The van der Waals surface area contributed by atoms with E-state index in [4.69, 9.17) is 25.8 Å². The lowest BCUT2D eigenvalue weighted by molar-refractivity contribution is -0.121. The van der Waals surface area contributed by atoms with E-state index < -0.39 is 17.1 Å². The lowest BCUT2D eigenvalue weighted by atomic mass is 10.1. The summed E-state index contributed by atoms with van der Waals surface area (Å²) in [7, 11) is 1.48. The number of benzene rings is 4. The summed E-state index contributed by atoms with van der Waals surface area (Å²) in [5.41, 5.74) is 1.78. The molecule has 0 radical (unpaired) electrons. The fourth-order valence-corrected chi connectivity index (χ4v) is 6.25. The van der Waals surface area contributed by atoms with E-state index in [1.165, 1.54) is 24.9 Å². The highest BCUT2D eigenvalue weighted by Crippen LogP contribution is 2.37. The molecule has 4 aromatic carbocycles. The number of ether oxygens (including phenoxy) is 3. The zero-order chi connectivity index (χ0) is 32.2. The van der Waals surface area contributed by atoms with Crippen LogP contribution in [-0.2, 0) is 14.4 Å². The van der Waals surface area contributed by atoms with E-state index in [1.54, 1.807) is 91.0 Å². The van der Waals surface area contributed by atoms with Crippen molar-refractivity contribution in [2.75, 3.05) is 24.1 Å². The number of nitrogens with zero attached hydrogens (tertiary/aromatic N) is 1. The summed E-state index contributed by atoms with van der Waals surface area (Å²) in [5, 5.41) is 5.15. The molecule has 10 nitrogen and oxygen atoms in total. The van der Waals surface area contributed by atoms with Gasteiger partial charge in [-0.1, -0.05) is 41.9 Å². The third-order valence-electron chi connectivity index (χ3n) is 7.11. The maximum absolute atomic E-state index is 13.6. The van der Waals surface area contributed by atoms with Crippen LogP contribution in [0.3, 0.4) is 0 Å². The minimum absolute atomic E-state index is 0.00231. The summed E-state index contributed by atoms with van der Waals surface area (Å²) < 4.78 is 16.0. The molecule has 46 heavy (non-hydrogen) atoms. The van der Waals surface area contributed by atoms with Crippen molar-refractivity contribution in [2.24, 2.45) is 0 Å². The van der Waals surface area contributed by atoms with Gasteiger partial charge in [-0.3, -0.25) is 19.2 Å². The van der Waals surface area contributed by atoms with E-state index in [0.29, 0.717) is 44.6 Å². The molecular formula is C34H26ClN3O7S. The Morgan fingerprint density at radius 1 is 0.957 bits per heavy atom. The molecule has 2 aliphatic rings. The fourth-order valence-electron chi connectivity index (χ4n) is 4.88. The number of thioether (sulfide) groups is 1. The summed E-state index contributed by atoms with van der Waals surface area (Å²) in [5.74, 6) is -0.199. The average Bonchev–Trinajstić information content (AvgIpc) is 3.63. The Balaban J connectivity index is 1.19. The second-order valence-electron chi connectivity index (χ2n) is 10.2. The lowest BCUT2D eigenvalue weighted by Crippen LogP contribution is -2.31. The second kappa shape index (κ2) is 13.4. The van der Waals surface area contributed by atoms with Crippen molar-refractivity contribution in [1.29, 1.82) is 0 Å². The molecule has 0 bridgehead atoms. The Hall–Kier alpha value is -5.26. The van der Waals surface area contributed by atoms with E-state index in [-0.39, 0.29) is 35.7 Å². The molecule has 12 heteroatoms. The van der Waals surface area contributed by atoms with Gasteiger partial charge >= 0.3 is 0 Å². The average molecular weight is 656 g/mol. The van der Waals surface area contributed by atoms with Crippen LogP contribution in [0.2, 0.25) is 5.02 Å². The van der Waals surface area contributed by atoms with Crippen molar-refractivity contribution in [3.05, 3.63) is 113 Å². The van der Waals surface area contributed by atoms with E-state index in [9.17, 15) is 19.2 Å². The van der Waals surface area contributed by atoms with E-state index in [1.807, 2.05) is 0 Å². The standard InChI is InChI=1S/C34H26ClN3O7S/c1-43-27-13-11-23(17-25(27)35)38-31(39)18-30(34(38)42)46-24-9-5-8-22(16-24)36-33(41)26(37-32(40)21-6-3-2-4-7-21)14-20-10-12-28-29(15-20)45-19-44-28/h2-17,30H,18-19H2,1H3,(H,36,41)(H,37,40)/b26-14-. The SMILES string of the molecule is COc1ccc(N2C(=O)CC(Sc3cccc(NC(=O)/C(=C/c4ccc5c(c4)OCO5)NC(=O)c4ccccc4)c3)C2=O)cc1Cl. The Morgan fingerprint density at radius 3 is 2.54 bits per heavy atom. The molecule has 1 fully saturated rings. The quantitative estimate of drug-likeness (QED) is 0.169. The lowest BCUT2D eigenvalue weighted by Gasteiger charge is -2.16. The first-order valence-electron chi connectivity index (χ1n) is 14.1. The molecule has 6 rings (SSSR count). The van der Waals surface area contributed by atoms with Gasteiger partial charge in [-0.15, -0.1) is 11.8 Å². The number of fused-ring (bicyclic) bond motifs is 1. The molecule has 1 atom stereocenters. The Labute approximate surface area is 273 Å². The largest absolute Gasteiger partial charge is 0.495 e. The molecule has 232 valence electrons. The van der Waals surface area contributed by atoms with Crippen LogP contribution in [0.25, 0.3) is 6.08 Å². The number of methoxy groups -OCH3 is 1. The van der Waals surface area contributed by atoms with Crippen molar-refractivity contribution in [3.8, 4) is 17.2 Å². The van der Waals surface area contributed by atoms with Gasteiger partial charge in [0.1, 0.15) is 11.4 Å². The molecule has 0 aliphatic carbocycles. The molecule has 4 amide bonds. The van der Waals surface area contributed by atoms with Crippen LogP contribution in [0.4, 0.5) is 11.4 Å². The number of halogens is 1. The van der Waals surface area contributed by atoms with Crippen molar-refractivity contribution < 1.29 is 33.4 Å². The van der Waals surface area contributed by atoms with Crippen LogP contribution in [-0.4, -0.2) is 42.8 Å². The normalized spacial score (nSPS) is 15.6. The first-order chi connectivity index (χ1) is 22.3. The molecule has 0 saturated carbocycles. The molecule has 0 aromatic heterocycles. The molecule has 2 N–H and O–H groups in total. The van der Waals surface area contributed by atoms with Gasteiger partial charge in [-0.2, -0.15) is 0 Å². The summed E-state index contributed by atoms with van der Waals surface area (Å²) in [6, 6.07) is 25.3. The molecule has 0 spiro atoms. The number of anilines is 2. The van der Waals surface area contributed by atoms with Crippen molar-refractivity contribution in [1.82, 2.24) is 5.32 Å². The number of rotatable bonds is 9. The molecule has 1 saturated heterocycles. The summed E-state index contributed by atoms with van der Waals surface area (Å²) >= 11 is 7.44. The number of hydrogen-bond acceptors (Lipinski definition) is 8. The highest BCUT2D eigenvalue weighted by atomic mass is 35.5. The Kier molecular flexibility index (Phi) is 8.95. The van der Waals surface area contributed by atoms with Crippen LogP contribution in [0.1, 0.15) is 22.3 Å². The van der Waals surface area contributed by atoms with Gasteiger partial charge in [0.15, 0.2) is 11.5 Å². The maximum atomic E-state index is 13.6. The minimum Gasteiger partial charge on any atom is -0.495 e. The first-order valence-corrected chi connectivity index (χ1v) is 15.3. The van der Waals surface area contributed by atoms with Crippen LogP contribution in [0.5, 0.6) is 17.2 Å². The molecular weight excluding hydrogens is 630 g/mol. The van der Waals surface area contributed by atoms with Crippen molar-refractivity contribution in [3.63, 3.8) is 0 Å². The second-order valence-corrected chi connectivity index (χ2v) is 11.9. The topological polar surface area (TPSA) is 123 Å².